The number of carbonyl (C=O) groups is 2. The number of hydrogen-bond acceptors (Lipinski definition) is 4. The maximum atomic E-state index is 12.4. The molecule has 1 aromatic heterocycles. The van der Waals surface area contributed by atoms with E-state index in [-0.39, 0.29) is 11.9 Å². The molecule has 126 valence electrons. The van der Waals surface area contributed by atoms with Gasteiger partial charge in [-0.2, -0.15) is 4.37 Å². The van der Waals surface area contributed by atoms with E-state index in [0.29, 0.717) is 31.9 Å². The van der Waals surface area contributed by atoms with Crippen LogP contribution in [0.4, 0.5) is 10.5 Å². The number of rotatable bonds is 2. The first-order valence-electron chi connectivity index (χ1n) is 7.88. The quantitative estimate of drug-likeness (QED) is 0.911. The van der Waals surface area contributed by atoms with Gasteiger partial charge < -0.3 is 15.1 Å². The lowest BCUT2D eigenvalue weighted by Crippen LogP contribution is -2.51. The number of nitrogens with zero attached hydrogens (tertiary/aromatic N) is 3. The molecule has 2 aromatic rings. The second-order valence-electron chi connectivity index (χ2n) is 5.90. The number of urea groups is 1. The van der Waals surface area contributed by atoms with Crippen molar-refractivity contribution in [3.8, 4) is 0 Å². The summed E-state index contributed by atoms with van der Waals surface area (Å²) in [5.41, 5.74) is 2.43. The van der Waals surface area contributed by atoms with Gasteiger partial charge in [0.2, 0.25) is 0 Å². The number of aryl methyl sites for hydroxylation is 2. The van der Waals surface area contributed by atoms with Crippen LogP contribution in [0.5, 0.6) is 0 Å². The Bertz CT molecular complexity index is 733. The number of hydrogen-bond donors (Lipinski definition) is 1. The molecule has 1 aliphatic heterocycles. The lowest BCUT2D eigenvalue weighted by atomic mass is 10.2. The SMILES string of the molecule is Cc1ccc(NC(=O)N2CCN(C(=O)c3cc(C)sn3)CC2)cc1. The molecule has 1 fully saturated rings. The molecule has 0 radical (unpaired) electrons. The van der Waals surface area contributed by atoms with E-state index >= 15 is 0 Å². The van der Waals surface area contributed by atoms with Crippen LogP contribution in [0.1, 0.15) is 20.9 Å². The zero-order chi connectivity index (χ0) is 17.1. The van der Waals surface area contributed by atoms with Crippen molar-refractivity contribution < 1.29 is 9.59 Å². The van der Waals surface area contributed by atoms with Crippen molar-refractivity contribution in [2.45, 2.75) is 13.8 Å². The predicted molar refractivity (Wildman–Crippen MR) is 94.5 cm³/mol. The summed E-state index contributed by atoms with van der Waals surface area (Å²) in [5.74, 6) is -0.0575. The monoisotopic (exact) mass is 344 g/mol. The highest BCUT2D eigenvalue weighted by atomic mass is 32.1. The molecule has 0 saturated carbocycles. The van der Waals surface area contributed by atoms with Crippen molar-refractivity contribution in [1.82, 2.24) is 14.2 Å². The number of amides is 3. The van der Waals surface area contributed by atoms with Crippen molar-refractivity contribution in [3.05, 3.63) is 46.5 Å². The first kappa shape index (κ1) is 16.4. The van der Waals surface area contributed by atoms with Gasteiger partial charge in [-0.3, -0.25) is 4.79 Å². The molecule has 6 nitrogen and oxygen atoms in total. The van der Waals surface area contributed by atoms with Crippen LogP contribution in [0.25, 0.3) is 0 Å². The van der Waals surface area contributed by atoms with Crippen LogP contribution < -0.4 is 5.32 Å². The molecule has 0 aliphatic carbocycles. The summed E-state index contributed by atoms with van der Waals surface area (Å²) in [6, 6.07) is 9.37. The summed E-state index contributed by atoms with van der Waals surface area (Å²) in [7, 11) is 0. The van der Waals surface area contributed by atoms with E-state index in [4.69, 9.17) is 0 Å². The number of anilines is 1. The van der Waals surface area contributed by atoms with Crippen LogP contribution in [0.2, 0.25) is 0 Å². The zero-order valence-electron chi connectivity index (χ0n) is 13.8. The lowest BCUT2D eigenvalue weighted by Gasteiger charge is -2.34. The maximum Gasteiger partial charge on any atom is 0.321 e. The molecular weight excluding hydrogens is 324 g/mol. The number of carbonyl (C=O) groups excluding carboxylic acids is 2. The second kappa shape index (κ2) is 7.00. The number of nitrogens with one attached hydrogen (secondary N) is 1. The molecule has 1 aromatic carbocycles. The number of piperazine rings is 1. The fourth-order valence-electron chi connectivity index (χ4n) is 2.58. The van der Waals surface area contributed by atoms with E-state index in [1.807, 2.05) is 44.2 Å². The third kappa shape index (κ3) is 3.73. The Balaban J connectivity index is 1.53. The van der Waals surface area contributed by atoms with Gasteiger partial charge in [0.15, 0.2) is 0 Å². The van der Waals surface area contributed by atoms with E-state index < -0.39 is 0 Å². The Morgan fingerprint density at radius 3 is 2.25 bits per heavy atom. The highest BCUT2D eigenvalue weighted by Gasteiger charge is 2.26. The Morgan fingerprint density at radius 2 is 1.67 bits per heavy atom. The van der Waals surface area contributed by atoms with Gasteiger partial charge in [-0.1, -0.05) is 17.7 Å². The van der Waals surface area contributed by atoms with Gasteiger partial charge in [0.05, 0.1) is 0 Å². The van der Waals surface area contributed by atoms with Gasteiger partial charge in [-0.05, 0) is 43.6 Å². The Kier molecular flexibility index (Phi) is 4.80. The molecule has 0 unspecified atom stereocenters. The first-order chi connectivity index (χ1) is 11.5. The standard InChI is InChI=1S/C17H20N4O2S/c1-12-3-5-14(6-4-12)18-17(23)21-9-7-20(8-10-21)16(22)15-11-13(2)24-19-15/h3-6,11H,7-10H2,1-2H3,(H,18,23). The molecular formula is C17H20N4O2S. The van der Waals surface area contributed by atoms with Gasteiger partial charge in [0, 0.05) is 36.7 Å². The van der Waals surface area contributed by atoms with E-state index in [2.05, 4.69) is 9.69 Å². The van der Waals surface area contributed by atoms with E-state index in [1.54, 1.807) is 9.80 Å². The fraction of sp³-hybridized carbons (Fsp3) is 0.353. The summed E-state index contributed by atoms with van der Waals surface area (Å²) in [4.78, 5) is 29.2. The molecule has 1 saturated heterocycles. The Morgan fingerprint density at radius 1 is 1.04 bits per heavy atom. The summed E-state index contributed by atoms with van der Waals surface area (Å²) >= 11 is 1.33. The summed E-state index contributed by atoms with van der Waals surface area (Å²) in [6.07, 6.45) is 0. The van der Waals surface area contributed by atoms with Gasteiger partial charge in [-0.25, -0.2) is 4.79 Å². The molecule has 2 heterocycles. The highest BCUT2D eigenvalue weighted by molar-refractivity contribution is 7.05. The van der Waals surface area contributed by atoms with Crippen LogP contribution >= 0.6 is 11.5 Å². The Labute approximate surface area is 145 Å². The summed E-state index contributed by atoms with van der Waals surface area (Å²) in [5, 5.41) is 2.89. The first-order valence-corrected chi connectivity index (χ1v) is 8.65. The molecule has 24 heavy (non-hydrogen) atoms. The molecule has 7 heteroatoms. The third-order valence-electron chi connectivity index (χ3n) is 4.00. The maximum absolute atomic E-state index is 12.4. The van der Waals surface area contributed by atoms with Crippen molar-refractivity contribution in [3.63, 3.8) is 0 Å². The van der Waals surface area contributed by atoms with Crippen molar-refractivity contribution in [1.29, 1.82) is 0 Å². The van der Waals surface area contributed by atoms with E-state index in [1.165, 1.54) is 11.5 Å². The zero-order valence-corrected chi connectivity index (χ0v) is 14.6. The summed E-state index contributed by atoms with van der Waals surface area (Å²) < 4.78 is 4.17. The van der Waals surface area contributed by atoms with Gasteiger partial charge >= 0.3 is 6.03 Å². The van der Waals surface area contributed by atoms with Gasteiger partial charge in [0.25, 0.3) is 5.91 Å². The molecule has 0 atom stereocenters. The molecule has 3 amide bonds. The largest absolute Gasteiger partial charge is 0.334 e. The van der Waals surface area contributed by atoms with Gasteiger partial charge in [0.1, 0.15) is 5.69 Å². The molecule has 0 spiro atoms. The van der Waals surface area contributed by atoms with Crippen molar-refractivity contribution in [2.24, 2.45) is 0 Å². The molecule has 0 bridgehead atoms. The van der Waals surface area contributed by atoms with Crippen molar-refractivity contribution >= 4 is 29.2 Å². The molecule has 1 N–H and O–H groups in total. The molecule has 1 aliphatic rings. The number of benzene rings is 1. The van der Waals surface area contributed by atoms with Crippen LogP contribution in [0.15, 0.2) is 30.3 Å². The van der Waals surface area contributed by atoms with Crippen molar-refractivity contribution in [2.75, 3.05) is 31.5 Å². The van der Waals surface area contributed by atoms with Crippen LogP contribution in [-0.2, 0) is 0 Å². The predicted octanol–water partition coefficient (Wildman–Crippen LogP) is 2.75. The van der Waals surface area contributed by atoms with Crippen LogP contribution in [-0.4, -0.2) is 52.3 Å². The number of aromatic nitrogens is 1. The van der Waals surface area contributed by atoms with E-state index in [9.17, 15) is 9.59 Å². The smallest absolute Gasteiger partial charge is 0.321 e. The minimum absolute atomic E-state index is 0.0575. The Hall–Kier alpha value is -2.41. The van der Waals surface area contributed by atoms with Gasteiger partial charge in [-0.15, -0.1) is 0 Å². The normalized spacial score (nSPS) is 14.6. The summed E-state index contributed by atoms with van der Waals surface area (Å²) in [6.45, 7) is 6.03. The minimum atomic E-state index is -0.129. The molecule has 3 rings (SSSR count). The van der Waals surface area contributed by atoms with Crippen LogP contribution in [0, 0.1) is 13.8 Å². The lowest BCUT2D eigenvalue weighted by molar-refractivity contribution is 0.0667. The topological polar surface area (TPSA) is 65.5 Å². The van der Waals surface area contributed by atoms with Crippen LogP contribution in [0.3, 0.4) is 0 Å². The van der Waals surface area contributed by atoms with E-state index in [0.717, 1.165) is 16.1 Å². The minimum Gasteiger partial charge on any atom is -0.334 e. The average molecular weight is 344 g/mol. The third-order valence-corrected chi connectivity index (χ3v) is 4.70. The fourth-order valence-corrected chi connectivity index (χ4v) is 3.12. The average Bonchev–Trinajstić information content (AvgIpc) is 3.03. The highest BCUT2D eigenvalue weighted by Crippen LogP contribution is 2.14. The second-order valence-corrected chi connectivity index (χ2v) is 6.91.